The molecule has 0 bridgehead atoms. The third-order valence-corrected chi connectivity index (χ3v) is 3.82. The number of pyridine rings is 1. The van der Waals surface area contributed by atoms with E-state index >= 15 is 0 Å². The summed E-state index contributed by atoms with van der Waals surface area (Å²) in [5, 5.41) is 12.6. The molecule has 106 valence electrons. The minimum absolute atomic E-state index is 0.292. The van der Waals surface area contributed by atoms with E-state index in [0.29, 0.717) is 18.6 Å². The Labute approximate surface area is 115 Å². The molecular weight excluding hydrogens is 238 g/mol. The van der Waals surface area contributed by atoms with Crippen LogP contribution in [-0.2, 0) is 0 Å². The Kier molecular flexibility index (Phi) is 5.16. The molecule has 1 aliphatic rings. The average Bonchev–Trinajstić information content (AvgIpc) is 2.94. The van der Waals surface area contributed by atoms with E-state index in [9.17, 15) is 5.11 Å². The second-order valence-electron chi connectivity index (χ2n) is 5.40. The Balaban J connectivity index is 1.95. The Bertz CT molecular complexity index is 379. The van der Waals surface area contributed by atoms with Gasteiger partial charge in [-0.2, -0.15) is 0 Å². The van der Waals surface area contributed by atoms with Crippen LogP contribution in [0.4, 0.5) is 5.69 Å². The molecular formula is C15H25N3O. The zero-order chi connectivity index (χ0) is 13.7. The summed E-state index contributed by atoms with van der Waals surface area (Å²) in [7, 11) is 0. The van der Waals surface area contributed by atoms with Gasteiger partial charge in [-0.3, -0.25) is 4.98 Å². The molecule has 4 heteroatoms. The highest BCUT2D eigenvalue weighted by Crippen LogP contribution is 2.23. The number of rotatable bonds is 6. The van der Waals surface area contributed by atoms with Gasteiger partial charge in [0.15, 0.2) is 0 Å². The Morgan fingerprint density at radius 2 is 2.37 bits per heavy atom. The maximum atomic E-state index is 9.18. The van der Waals surface area contributed by atoms with Crippen molar-refractivity contribution in [3.05, 3.63) is 24.0 Å². The fourth-order valence-corrected chi connectivity index (χ4v) is 2.52. The molecule has 0 spiro atoms. The molecule has 4 nitrogen and oxygen atoms in total. The average molecular weight is 263 g/mol. The van der Waals surface area contributed by atoms with E-state index in [-0.39, 0.29) is 0 Å². The van der Waals surface area contributed by atoms with E-state index in [0.717, 1.165) is 38.2 Å². The Morgan fingerprint density at radius 3 is 2.95 bits per heavy atom. The van der Waals surface area contributed by atoms with Crippen molar-refractivity contribution in [1.29, 1.82) is 0 Å². The molecule has 0 aromatic carbocycles. The van der Waals surface area contributed by atoms with Crippen molar-refractivity contribution in [2.24, 2.45) is 5.92 Å². The number of nitrogens with one attached hydrogen (secondary N) is 1. The fourth-order valence-electron chi connectivity index (χ4n) is 2.52. The molecule has 1 aliphatic heterocycles. The highest BCUT2D eigenvalue weighted by molar-refractivity contribution is 5.45. The topological polar surface area (TPSA) is 48.4 Å². The second-order valence-corrected chi connectivity index (χ2v) is 5.40. The molecule has 0 radical (unpaired) electrons. The zero-order valence-electron chi connectivity index (χ0n) is 12.0. The van der Waals surface area contributed by atoms with Gasteiger partial charge in [-0.05, 0) is 38.4 Å². The summed E-state index contributed by atoms with van der Waals surface area (Å²) in [5.74, 6) is 0.421. The van der Waals surface area contributed by atoms with Crippen LogP contribution in [0.15, 0.2) is 18.3 Å². The van der Waals surface area contributed by atoms with E-state index in [1.165, 1.54) is 5.69 Å². The lowest BCUT2D eigenvalue weighted by Crippen LogP contribution is -2.22. The lowest BCUT2D eigenvalue weighted by atomic mass is 10.1. The largest absolute Gasteiger partial charge is 0.396 e. The van der Waals surface area contributed by atoms with Crippen molar-refractivity contribution < 1.29 is 5.11 Å². The minimum atomic E-state index is 0.292. The van der Waals surface area contributed by atoms with Crippen LogP contribution >= 0.6 is 0 Å². The molecule has 2 atom stereocenters. The van der Waals surface area contributed by atoms with Crippen molar-refractivity contribution in [3.63, 3.8) is 0 Å². The van der Waals surface area contributed by atoms with Crippen molar-refractivity contribution in [2.75, 3.05) is 31.1 Å². The first kappa shape index (κ1) is 14.3. The first-order valence-corrected chi connectivity index (χ1v) is 7.29. The maximum absolute atomic E-state index is 9.18. The van der Waals surface area contributed by atoms with Gasteiger partial charge in [0, 0.05) is 31.7 Å². The number of aliphatic hydroxyl groups is 1. The van der Waals surface area contributed by atoms with Gasteiger partial charge >= 0.3 is 0 Å². The van der Waals surface area contributed by atoms with Crippen LogP contribution < -0.4 is 10.2 Å². The first-order valence-electron chi connectivity index (χ1n) is 7.29. The summed E-state index contributed by atoms with van der Waals surface area (Å²) in [4.78, 5) is 6.87. The van der Waals surface area contributed by atoms with Gasteiger partial charge < -0.3 is 15.3 Å². The SMILES string of the molecule is CCCNC(C)c1ccc(N2CCC(CO)C2)cn1. The van der Waals surface area contributed by atoms with Gasteiger partial charge in [0.1, 0.15) is 0 Å². The molecule has 2 rings (SSSR count). The summed E-state index contributed by atoms with van der Waals surface area (Å²) in [5.41, 5.74) is 2.26. The van der Waals surface area contributed by atoms with Crippen molar-refractivity contribution in [2.45, 2.75) is 32.7 Å². The molecule has 2 unspecified atom stereocenters. The summed E-state index contributed by atoms with van der Waals surface area (Å²) in [6.07, 6.45) is 4.17. The number of aromatic nitrogens is 1. The monoisotopic (exact) mass is 263 g/mol. The first-order chi connectivity index (χ1) is 9.24. The lowest BCUT2D eigenvalue weighted by Gasteiger charge is -2.19. The molecule has 1 aromatic heterocycles. The lowest BCUT2D eigenvalue weighted by molar-refractivity contribution is 0.238. The van der Waals surface area contributed by atoms with Gasteiger partial charge in [0.05, 0.1) is 17.6 Å². The van der Waals surface area contributed by atoms with Crippen molar-refractivity contribution >= 4 is 5.69 Å². The van der Waals surface area contributed by atoms with Crippen LogP contribution in [0.2, 0.25) is 0 Å². The molecule has 19 heavy (non-hydrogen) atoms. The van der Waals surface area contributed by atoms with E-state index in [4.69, 9.17) is 0 Å². The summed E-state index contributed by atoms with van der Waals surface area (Å²) in [6, 6.07) is 4.55. The van der Waals surface area contributed by atoms with E-state index < -0.39 is 0 Å². The molecule has 1 fully saturated rings. The number of anilines is 1. The van der Waals surface area contributed by atoms with Crippen molar-refractivity contribution in [1.82, 2.24) is 10.3 Å². The van der Waals surface area contributed by atoms with E-state index in [1.807, 2.05) is 6.20 Å². The standard InChI is InChI=1S/C15H25N3O/c1-3-7-16-12(2)15-5-4-14(9-17-15)18-8-6-13(10-18)11-19/h4-5,9,12-13,16,19H,3,6-8,10-11H2,1-2H3. The van der Waals surface area contributed by atoms with Gasteiger partial charge in [-0.25, -0.2) is 0 Å². The quantitative estimate of drug-likeness (QED) is 0.824. The molecule has 0 aliphatic carbocycles. The summed E-state index contributed by atoms with van der Waals surface area (Å²) in [6.45, 7) is 7.60. The summed E-state index contributed by atoms with van der Waals surface area (Å²) >= 11 is 0. The van der Waals surface area contributed by atoms with Crippen LogP contribution in [0.1, 0.15) is 38.4 Å². The number of hydrogen-bond acceptors (Lipinski definition) is 4. The van der Waals surface area contributed by atoms with Crippen molar-refractivity contribution in [3.8, 4) is 0 Å². The van der Waals surface area contributed by atoms with Gasteiger partial charge in [-0.1, -0.05) is 6.92 Å². The van der Waals surface area contributed by atoms with Gasteiger partial charge in [0.2, 0.25) is 0 Å². The van der Waals surface area contributed by atoms with E-state index in [2.05, 4.69) is 41.2 Å². The molecule has 0 amide bonds. The molecule has 1 aromatic rings. The highest BCUT2D eigenvalue weighted by Gasteiger charge is 2.22. The van der Waals surface area contributed by atoms with Crippen LogP contribution in [0, 0.1) is 5.92 Å². The molecule has 2 heterocycles. The fraction of sp³-hybridized carbons (Fsp3) is 0.667. The summed E-state index contributed by atoms with van der Waals surface area (Å²) < 4.78 is 0. The van der Waals surface area contributed by atoms with Crippen LogP contribution in [0.3, 0.4) is 0 Å². The normalized spacial score (nSPS) is 20.8. The van der Waals surface area contributed by atoms with Crippen LogP contribution in [0.25, 0.3) is 0 Å². The third-order valence-electron chi connectivity index (χ3n) is 3.82. The highest BCUT2D eigenvalue weighted by atomic mass is 16.3. The maximum Gasteiger partial charge on any atom is 0.0572 e. The van der Waals surface area contributed by atoms with Crippen LogP contribution in [0.5, 0.6) is 0 Å². The van der Waals surface area contributed by atoms with Crippen LogP contribution in [-0.4, -0.2) is 36.3 Å². The van der Waals surface area contributed by atoms with Gasteiger partial charge in [0.25, 0.3) is 0 Å². The minimum Gasteiger partial charge on any atom is -0.396 e. The molecule has 1 saturated heterocycles. The predicted octanol–water partition coefficient (Wildman–Crippen LogP) is 1.96. The number of aliphatic hydroxyl groups excluding tert-OH is 1. The number of nitrogens with zero attached hydrogens (tertiary/aromatic N) is 2. The Morgan fingerprint density at radius 1 is 1.53 bits per heavy atom. The Hall–Kier alpha value is -1.13. The molecule has 2 N–H and O–H groups in total. The van der Waals surface area contributed by atoms with Gasteiger partial charge in [-0.15, -0.1) is 0 Å². The predicted molar refractivity (Wildman–Crippen MR) is 78.4 cm³/mol. The smallest absolute Gasteiger partial charge is 0.0572 e. The number of hydrogen-bond donors (Lipinski definition) is 2. The third kappa shape index (κ3) is 3.67. The second kappa shape index (κ2) is 6.87. The van der Waals surface area contributed by atoms with E-state index in [1.54, 1.807) is 0 Å². The zero-order valence-corrected chi connectivity index (χ0v) is 12.0. The molecule has 0 saturated carbocycles.